The van der Waals surface area contributed by atoms with Gasteiger partial charge >= 0.3 is 0 Å². The van der Waals surface area contributed by atoms with Gasteiger partial charge in [0.1, 0.15) is 23.2 Å². The molecule has 3 N–H and O–H groups in total. The number of aliphatic hydroxyl groups is 1. The number of nitrogens with one attached hydrogen (secondary N) is 2. The fourth-order valence-corrected chi connectivity index (χ4v) is 2.41. The van der Waals surface area contributed by atoms with Crippen molar-refractivity contribution in [3.63, 3.8) is 0 Å². The van der Waals surface area contributed by atoms with E-state index in [0.29, 0.717) is 34.9 Å². The van der Waals surface area contributed by atoms with Crippen LogP contribution < -0.4 is 10.6 Å². The summed E-state index contributed by atoms with van der Waals surface area (Å²) >= 11 is 5.82. The molecule has 136 valence electrons. The van der Waals surface area contributed by atoms with E-state index in [9.17, 15) is 9.50 Å². The number of aromatic nitrogens is 4. The highest BCUT2D eigenvalue weighted by Crippen LogP contribution is 2.25. The predicted molar refractivity (Wildman–Crippen MR) is 99.2 cm³/mol. The average molecular weight is 377 g/mol. The van der Waals surface area contributed by atoms with Crippen molar-refractivity contribution >= 4 is 40.1 Å². The first-order chi connectivity index (χ1) is 12.4. The highest BCUT2D eigenvalue weighted by Gasteiger charge is 2.22. The summed E-state index contributed by atoms with van der Waals surface area (Å²) in [5.74, 6) is 0.289. The first-order valence-electron chi connectivity index (χ1n) is 8.03. The van der Waals surface area contributed by atoms with Crippen LogP contribution in [0.4, 0.5) is 21.8 Å². The molecule has 0 aliphatic carbocycles. The zero-order valence-electron chi connectivity index (χ0n) is 14.3. The molecule has 3 rings (SSSR count). The Kier molecular flexibility index (Phi) is 5.15. The Morgan fingerprint density at radius 2 is 2.08 bits per heavy atom. The van der Waals surface area contributed by atoms with E-state index in [-0.39, 0.29) is 11.6 Å². The molecule has 1 unspecified atom stereocenters. The molecule has 1 aromatic carbocycles. The van der Waals surface area contributed by atoms with Crippen LogP contribution in [0.3, 0.4) is 0 Å². The quantitative estimate of drug-likeness (QED) is 0.605. The Morgan fingerprint density at radius 1 is 1.27 bits per heavy atom. The maximum Gasteiger partial charge on any atom is 0.223 e. The van der Waals surface area contributed by atoms with E-state index in [1.165, 1.54) is 18.5 Å². The smallest absolute Gasteiger partial charge is 0.223 e. The number of benzene rings is 1. The van der Waals surface area contributed by atoms with Crippen molar-refractivity contribution in [3.8, 4) is 0 Å². The molecule has 26 heavy (non-hydrogen) atoms. The van der Waals surface area contributed by atoms with Gasteiger partial charge in [-0.15, -0.1) is 0 Å². The Hall–Kier alpha value is -2.58. The molecule has 0 spiro atoms. The first kappa shape index (κ1) is 18.2. The van der Waals surface area contributed by atoms with Crippen molar-refractivity contribution < 1.29 is 9.50 Å². The number of aliphatic hydroxyl groups excluding tert-OH is 1. The van der Waals surface area contributed by atoms with E-state index >= 15 is 0 Å². The van der Waals surface area contributed by atoms with Crippen LogP contribution in [0.15, 0.2) is 30.7 Å². The summed E-state index contributed by atoms with van der Waals surface area (Å²) in [4.78, 5) is 17.1. The number of anilines is 3. The van der Waals surface area contributed by atoms with Gasteiger partial charge in [-0.2, -0.15) is 0 Å². The summed E-state index contributed by atoms with van der Waals surface area (Å²) in [6.45, 7) is 3.77. The molecule has 0 fully saturated rings. The molecule has 0 aliphatic heterocycles. The van der Waals surface area contributed by atoms with E-state index in [2.05, 4.69) is 30.6 Å². The van der Waals surface area contributed by atoms with Gasteiger partial charge in [0.25, 0.3) is 0 Å². The van der Waals surface area contributed by atoms with Crippen LogP contribution in [0, 0.1) is 5.82 Å². The number of fused-ring (bicyclic) bond motifs is 1. The minimum Gasteiger partial charge on any atom is -0.394 e. The second-order valence-electron chi connectivity index (χ2n) is 6.10. The molecule has 0 amide bonds. The van der Waals surface area contributed by atoms with E-state index in [0.717, 1.165) is 0 Å². The summed E-state index contributed by atoms with van der Waals surface area (Å²) in [6, 6.07) is 4.28. The van der Waals surface area contributed by atoms with Gasteiger partial charge in [0.2, 0.25) is 5.95 Å². The maximum atomic E-state index is 13.3. The standard InChI is InChI=1S/C17H18ClFN6O/c1-3-17(2,8-26)25-16-20-7-13-14(24-16)15(22-9-21-13)23-10-4-5-12(19)11(18)6-10/h4-7,9,26H,3,8H2,1-2H3,(H,20,24,25)(H,21,22,23). The molecule has 0 bridgehead atoms. The number of rotatable bonds is 6. The fraction of sp³-hybridized carbons (Fsp3) is 0.294. The SMILES string of the molecule is CCC(C)(CO)Nc1ncc2ncnc(Nc3ccc(F)c(Cl)c3)c2n1. The number of hydrogen-bond acceptors (Lipinski definition) is 7. The Labute approximate surface area is 154 Å². The molecule has 0 saturated heterocycles. The molecule has 7 nitrogen and oxygen atoms in total. The molecule has 2 aromatic heterocycles. The van der Waals surface area contributed by atoms with Crippen LogP contribution in [0.5, 0.6) is 0 Å². The molecule has 2 heterocycles. The lowest BCUT2D eigenvalue weighted by atomic mass is 10.0. The minimum absolute atomic E-state index is 0.00648. The molecule has 0 radical (unpaired) electrons. The maximum absolute atomic E-state index is 13.3. The fourth-order valence-electron chi connectivity index (χ4n) is 2.23. The number of hydrogen-bond donors (Lipinski definition) is 3. The third kappa shape index (κ3) is 3.81. The Morgan fingerprint density at radius 3 is 2.77 bits per heavy atom. The monoisotopic (exact) mass is 376 g/mol. The summed E-state index contributed by atoms with van der Waals surface area (Å²) in [7, 11) is 0. The first-order valence-corrected chi connectivity index (χ1v) is 8.41. The van der Waals surface area contributed by atoms with Gasteiger partial charge in [-0.25, -0.2) is 24.3 Å². The van der Waals surface area contributed by atoms with Crippen LogP contribution >= 0.6 is 11.6 Å². The van der Waals surface area contributed by atoms with Crippen molar-refractivity contribution in [2.75, 3.05) is 17.2 Å². The van der Waals surface area contributed by atoms with Crippen LogP contribution in [0.2, 0.25) is 5.02 Å². The number of halogens is 2. The Bertz CT molecular complexity index is 934. The lowest BCUT2D eigenvalue weighted by Gasteiger charge is -2.27. The normalized spacial score (nSPS) is 13.4. The topological polar surface area (TPSA) is 95.9 Å². The zero-order chi connectivity index (χ0) is 18.7. The molecular weight excluding hydrogens is 359 g/mol. The largest absolute Gasteiger partial charge is 0.394 e. The third-order valence-electron chi connectivity index (χ3n) is 4.10. The van der Waals surface area contributed by atoms with Gasteiger partial charge in [-0.1, -0.05) is 18.5 Å². The summed E-state index contributed by atoms with van der Waals surface area (Å²) < 4.78 is 13.3. The van der Waals surface area contributed by atoms with Crippen molar-refractivity contribution in [2.24, 2.45) is 0 Å². The van der Waals surface area contributed by atoms with Gasteiger partial charge in [0.05, 0.1) is 23.4 Å². The van der Waals surface area contributed by atoms with E-state index in [4.69, 9.17) is 11.6 Å². The highest BCUT2D eigenvalue weighted by atomic mass is 35.5. The second kappa shape index (κ2) is 7.35. The van der Waals surface area contributed by atoms with Crippen molar-refractivity contribution in [1.82, 2.24) is 19.9 Å². The molecular formula is C17H18ClFN6O. The highest BCUT2D eigenvalue weighted by molar-refractivity contribution is 6.31. The molecule has 1 atom stereocenters. The van der Waals surface area contributed by atoms with E-state index in [1.807, 2.05) is 13.8 Å². The third-order valence-corrected chi connectivity index (χ3v) is 4.39. The van der Waals surface area contributed by atoms with Gasteiger partial charge < -0.3 is 15.7 Å². The van der Waals surface area contributed by atoms with Crippen LogP contribution in [-0.4, -0.2) is 37.2 Å². The molecule has 0 saturated carbocycles. The van der Waals surface area contributed by atoms with Crippen LogP contribution in [-0.2, 0) is 0 Å². The van der Waals surface area contributed by atoms with Crippen molar-refractivity contribution in [1.29, 1.82) is 0 Å². The summed E-state index contributed by atoms with van der Waals surface area (Å²) in [5.41, 5.74) is 1.06. The lowest BCUT2D eigenvalue weighted by Crippen LogP contribution is -2.38. The summed E-state index contributed by atoms with van der Waals surface area (Å²) in [5, 5.41) is 15.8. The molecule has 3 aromatic rings. The van der Waals surface area contributed by atoms with Gasteiger partial charge in [0.15, 0.2) is 5.82 Å². The van der Waals surface area contributed by atoms with Crippen LogP contribution in [0.1, 0.15) is 20.3 Å². The second-order valence-corrected chi connectivity index (χ2v) is 6.51. The van der Waals surface area contributed by atoms with E-state index < -0.39 is 11.4 Å². The van der Waals surface area contributed by atoms with Gasteiger partial charge in [-0.3, -0.25) is 0 Å². The van der Waals surface area contributed by atoms with Gasteiger partial charge in [0, 0.05) is 5.69 Å². The predicted octanol–water partition coefficient (Wildman–Crippen LogP) is 3.53. The van der Waals surface area contributed by atoms with E-state index in [1.54, 1.807) is 12.3 Å². The molecule has 0 aliphatic rings. The molecule has 9 heteroatoms. The number of nitrogens with zero attached hydrogens (tertiary/aromatic N) is 4. The van der Waals surface area contributed by atoms with Crippen LogP contribution in [0.25, 0.3) is 11.0 Å². The zero-order valence-corrected chi connectivity index (χ0v) is 15.0. The summed E-state index contributed by atoms with van der Waals surface area (Å²) in [6.07, 6.45) is 3.65. The lowest BCUT2D eigenvalue weighted by molar-refractivity contribution is 0.218. The minimum atomic E-state index is -0.540. The van der Waals surface area contributed by atoms with Crippen molar-refractivity contribution in [3.05, 3.63) is 41.6 Å². The Balaban J connectivity index is 1.97. The van der Waals surface area contributed by atoms with Crippen molar-refractivity contribution in [2.45, 2.75) is 25.8 Å². The van der Waals surface area contributed by atoms with Gasteiger partial charge in [-0.05, 0) is 31.5 Å². The average Bonchev–Trinajstić information content (AvgIpc) is 2.65.